The maximum Gasteiger partial charge on any atom is 0.234 e. The fourth-order valence-corrected chi connectivity index (χ4v) is 3.10. The average Bonchev–Trinajstić information content (AvgIpc) is 2.96. The van der Waals surface area contributed by atoms with Gasteiger partial charge >= 0.3 is 0 Å². The van der Waals surface area contributed by atoms with E-state index >= 15 is 0 Å². The van der Waals surface area contributed by atoms with Gasteiger partial charge in [-0.15, -0.1) is 12.4 Å². The second-order valence-corrected chi connectivity index (χ2v) is 5.16. The number of fused-ring (bicyclic) bond motifs is 1. The van der Waals surface area contributed by atoms with E-state index in [9.17, 15) is 4.79 Å². The molecule has 3 N–H and O–H groups in total. The van der Waals surface area contributed by atoms with E-state index < -0.39 is 0 Å². The first-order valence-electron chi connectivity index (χ1n) is 6.64. The Bertz CT molecular complexity index is 478. The normalized spacial score (nSPS) is 21.6. The van der Waals surface area contributed by atoms with Crippen LogP contribution in [-0.4, -0.2) is 29.9 Å². The van der Waals surface area contributed by atoms with E-state index in [4.69, 9.17) is 5.73 Å². The van der Waals surface area contributed by atoms with Gasteiger partial charge in [0.2, 0.25) is 5.91 Å². The molecule has 1 unspecified atom stereocenters. The van der Waals surface area contributed by atoms with Crippen molar-refractivity contribution in [2.24, 2.45) is 5.73 Å². The molecule has 3 rings (SSSR count). The van der Waals surface area contributed by atoms with Gasteiger partial charge in [-0.1, -0.05) is 18.2 Å². The topological polar surface area (TPSA) is 58.4 Å². The summed E-state index contributed by atoms with van der Waals surface area (Å²) in [7, 11) is 0. The number of nitrogens with one attached hydrogen (secondary N) is 1. The minimum atomic E-state index is -0.187. The monoisotopic (exact) mass is 281 g/mol. The molecule has 0 spiro atoms. The summed E-state index contributed by atoms with van der Waals surface area (Å²) >= 11 is 0. The van der Waals surface area contributed by atoms with Gasteiger partial charge in [0.05, 0.1) is 6.04 Å². The molecule has 1 atom stereocenters. The fraction of sp³-hybridized carbons (Fsp3) is 0.500. The van der Waals surface area contributed by atoms with Crippen molar-refractivity contribution in [3.05, 3.63) is 29.3 Å². The highest BCUT2D eigenvalue weighted by Gasteiger charge is 2.29. The van der Waals surface area contributed by atoms with E-state index in [0.29, 0.717) is 0 Å². The van der Waals surface area contributed by atoms with Crippen molar-refractivity contribution in [2.75, 3.05) is 18.4 Å². The van der Waals surface area contributed by atoms with Gasteiger partial charge in [-0.05, 0) is 36.9 Å². The fourth-order valence-electron chi connectivity index (χ4n) is 3.10. The Morgan fingerprint density at radius 2 is 2.32 bits per heavy atom. The molecule has 5 heteroatoms. The third-order valence-electron chi connectivity index (χ3n) is 4.00. The number of amides is 1. The molecule has 0 aliphatic carbocycles. The predicted octanol–water partition coefficient (Wildman–Crippen LogP) is 1.53. The molecule has 4 nitrogen and oxygen atoms in total. The van der Waals surface area contributed by atoms with Gasteiger partial charge in [0, 0.05) is 18.8 Å². The van der Waals surface area contributed by atoms with E-state index in [0.717, 1.165) is 38.9 Å². The number of hydrogen-bond donors (Lipinski definition) is 2. The number of hydrogen-bond acceptors (Lipinski definition) is 3. The van der Waals surface area contributed by atoms with Crippen molar-refractivity contribution in [3.8, 4) is 0 Å². The zero-order valence-corrected chi connectivity index (χ0v) is 11.7. The summed E-state index contributed by atoms with van der Waals surface area (Å²) in [4.78, 5) is 13.6. The first-order valence-corrected chi connectivity index (χ1v) is 6.64. The Morgan fingerprint density at radius 3 is 3.11 bits per heavy atom. The van der Waals surface area contributed by atoms with Crippen LogP contribution in [0, 0.1) is 0 Å². The van der Waals surface area contributed by atoms with Gasteiger partial charge in [-0.2, -0.15) is 0 Å². The minimum absolute atomic E-state index is 0. The van der Waals surface area contributed by atoms with Crippen LogP contribution in [0.4, 0.5) is 5.69 Å². The first-order chi connectivity index (χ1) is 8.75. The van der Waals surface area contributed by atoms with Gasteiger partial charge in [-0.25, -0.2) is 0 Å². The summed E-state index contributed by atoms with van der Waals surface area (Å²) in [5.41, 5.74) is 9.41. The summed E-state index contributed by atoms with van der Waals surface area (Å²) in [6.45, 7) is 2.81. The predicted molar refractivity (Wildman–Crippen MR) is 78.5 cm³/mol. The van der Waals surface area contributed by atoms with Crippen LogP contribution in [0.1, 0.15) is 24.0 Å². The summed E-state index contributed by atoms with van der Waals surface area (Å²) in [5.74, 6) is -0.187. The largest absolute Gasteiger partial charge is 0.384 e. The molecule has 2 aliphatic heterocycles. The molecule has 0 bridgehead atoms. The zero-order valence-electron chi connectivity index (χ0n) is 10.9. The number of carbonyl (C=O) groups is 1. The van der Waals surface area contributed by atoms with E-state index in [1.165, 1.54) is 16.8 Å². The number of nitrogens with two attached hydrogens (primary N) is 1. The van der Waals surface area contributed by atoms with Gasteiger partial charge < -0.3 is 11.1 Å². The highest BCUT2D eigenvalue weighted by Crippen LogP contribution is 2.29. The van der Waals surface area contributed by atoms with Crippen molar-refractivity contribution < 1.29 is 4.79 Å². The minimum Gasteiger partial charge on any atom is -0.384 e. The number of anilines is 1. The van der Waals surface area contributed by atoms with Crippen LogP contribution in [-0.2, 0) is 17.8 Å². The molecule has 104 valence electrons. The number of nitrogens with zero attached hydrogens (tertiary/aromatic N) is 1. The van der Waals surface area contributed by atoms with Crippen LogP contribution in [0.2, 0.25) is 0 Å². The number of likely N-dealkylation sites (tertiary alicyclic amines) is 1. The number of carbonyl (C=O) groups excluding carboxylic acids is 1. The zero-order chi connectivity index (χ0) is 12.5. The van der Waals surface area contributed by atoms with Crippen LogP contribution in [0.25, 0.3) is 0 Å². The molecule has 0 radical (unpaired) electrons. The van der Waals surface area contributed by atoms with Crippen LogP contribution < -0.4 is 11.1 Å². The SMILES string of the molecule is Cl.NC(=O)C1CCCN1Cc1cccc2c1NCC2. The van der Waals surface area contributed by atoms with Crippen molar-refractivity contribution in [3.63, 3.8) is 0 Å². The molecule has 1 saturated heterocycles. The standard InChI is InChI=1S/C14H19N3O.ClH/c15-14(18)12-5-2-8-17(12)9-11-4-1-3-10-6-7-16-13(10)11;/h1,3-4,12,16H,2,5-9H2,(H2,15,18);1H. The van der Waals surface area contributed by atoms with Crippen molar-refractivity contribution in [1.82, 2.24) is 4.90 Å². The summed E-state index contributed by atoms with van der Waals surface area (Å²) in [5, 5.41) is 3.44. The van der Waals surface area contributed by atoms with Crippen LogP contribution in [0.3, 0.4) is 0 Å². The Morgan fingerprint density at radius 1 is 1.47 bits per heavy atom. The van der Waals surface area contributed by atoms with Crippen LogP contribution in [0.15, 0.2) is 18.2 Å². The quantitative estimate of drug-likeness (QED) is 0.883. The molecule has 0 aromatic heterocycles. The molecule has 19 heavy (non-hydrogen) atoms. The smallest absolute Gasteiger partial charge is 0.234 e. The van der Waals surface area contributed by atoms with Gasteiger partial charge in [0.1, 0.15) is 0 Å². The lowest BCUT2D eigenvalue weighted by atomic mass is 10.1. The van der Waals surface area contributed by atoms with Crippen LogP contribution >= 0.6 is 12.4 Å². The lowest BCUT2D eigenvalue weighted by molar-refractivity contribution is -0.122. The number of primary amides is 1. The average molecular weight is 282 g/mol. The molecular formula is C14H20ClN3O. The molecule has 0 saturated carbocycles. The maximum atomic E-state index is 11.4. The van der Waals surface area contributed by atoms with Crippen molar-refractivity contribution in [1.29, 1.82) is 0 Å². The summed E-state index contributed by atoms with van der Waals surface area (Å²) < 4.78 is 0. The maximum absolute atomic E-state index is 11.4. The third kappa shape index (κ3) is 2.69. The van der Waals surface area contributed by atoms with Gasteiger partial charge in [-0.3, -0.25) is 9.69 Å². The Balaban J connectivity index is 0.00000133. The second-order valence-electron chi connectivity index (χ2n) is 5.16. The highest BCUT2D eigenvalue weighted by atomic mass is 35.5. The Kier molecular flexibility index (Phi) is 4.32. The van der Waals surface area contributed by atoms with E-state index in [1.54, 1.807) is 0 Å². The molecule has 1 aromatic carbocycles. The van der Waals surface area contributed by atoms with Gasteiger partial charge in [0.25, 0.3) is 0 Å². The lowest BCUT2D eigenvalue weighted by Gasteiger charge is -2.23. The highest BCUT2D eigenvalue weighted by molar-refractivity contribution is 5.85. The number of benzene rings is 1. The number of halogens is 1. The van der Waals surface area contributed by atoms with Crippen molar-refractivity contribution >= 4 is 24.0 Å². The van der Waals surface area contributed by atoms with Gasteiger partial charge in [0.15, 0.2) is 0 Å². The summed E-state index contributed by atoms with van der Waals surface area (Å²) in [6.07, 6.45) is 3.07. The first kappa shape index (κ1) is 14.2. The molecule has 1 fully saturated rings. The number of para-hydroxylation sites is 1. The molecule has 1 aromatic rings. The van der Waals surface area contributed by atoms with Crippen molar-refractivity contribution in [2.45, 2.75) is 31.8 Å². The Labute approximate surface area is 119 Å². The molecule has 2 aliphatic rings. The van der Waals surface area contributed by atoms with E-state index in [2.05, 4.69) is 28.4 Å². The summed E-state index contributed by atoms with van der Waals surface area (Å²) in [6, 6.07) is 6.35. The second kappa shape index (κ2) is 5.80. The third-order valence-corrected chi connectivity index (χ3v) is 4.00. The van der Waals surface area contributed by atoms with E-state index in [-0.39, 0.29) is 24.4 Å². The molecular weight excluding hydrogens is 262 g/mol. The number of rotatable bonds is 3. The molecule has 1 amide bonds. The van der Waals surface area contributed by atoms with Crippen LogP contribution in [0.5, 0.6) is 0 Å². The van der Waals surface area contributed by atoms with E-state index in [1.807, 2.05) is 0 Å². The lowest BCUT2D eigenvalue weighted by Crippen LogP contribution is -2.39. The molecule has 2 heterocycles. The Hall–Kier alpha value is -1.26.